The average molecular weight is 726 g/mol. The summed E-state index contributed by atoms with van der Waals surface area (Å²) in [5.41, 5.74) is 13.3. The predicted octanol–water partition coefficient (Wildman–Crippen LogP) is 3.22. The number of likely N-dealkylation sites (tertiary alicyclic amines) is 1. The lowest BCUT2D eigenvalue weighted by molar-refractivity contribution is -0.254. The Morgan fingerprint density at radius 2 is 1.87 bits per heavy atom. The summed E-state index contributed by atoms with van der Waals surface area (Å²) in [5.74, 6) is -1.03. The van der Waals surface area contributed by atoms with Crippen LogP contribution in [0.3, 0.4) is 0 Å². The molecule has 2 aromatic heterocycles. The molecule has 0 spiro atoms. The van der Waals surface area contributed by atoms with E-state index in [1.165, 1.54) is 9.80 Å². The summed E-state index contributed by atoms with van der Waals surface area (Å²) >= 11 is 0. The molecule has 15 heteroatoms. The summed E-state index contributed by atoms with van der Waals surface area (Å²) in [7, 11) is 3.46. The second kappa shape index (κ2) is 16.2. The van der Waals surface area contributed by atoms with Crippen molar-refractivity contribution in [3.63, 3.8) is 0 Å². The third-order valence-corrected chi connectivity index (χ3v) is 9.59. The Balaban J connectivity index is 0.000000192. The van der Waals surface area contributed by atoms with Crippen molar-refractivity contribution in [2.45, 2.75) is 57.8 Å². The molecule has 0 aliphatic carbocycles. The summed E-state index contributed by atoms with van der Waals surface area (Å²) in [5, 5.41) is 28.1. The summed E-state index contributed by atoms with van der Waals surface area (Å²) in [6.07, 6.45) is 5.76. The molecule has 3 aliphatic rings. The van der Waals surface area contributed by atoms with Crippen molar-refractivity contribution in [1.82, 2.24) is 35.0 Å². The van der Waals surface area contributed by atoms with Gasteiger partial charge in [0.1, 0.15) is 5.82 Å². The Bertz CT molecular complexity index is 1910. The number of rotatable bonds is 10. The summed E-state index contributed by atoms with van der Waals surface area (Å²) in [6.45, 7) is 7.34. The number of aliphatic hydroxyl groups is 2. The van der Waals surface area contributed by atoms with Crippen LogP contribution >= 0.6 is 0 Å². The second-order valence-electron chi connectivity index (χ2n) is 13.5. The maximum atomic E-state index is 12.8. The average Bonchev–Trinajstić information content (AvgIpc) is 3.91. The molecule has 5 heterocycles. The molecular formula is C38H47N9O6. The number of fused-ring (bicyclic) bond motifs is 1. The highest BCUT2D eigenvalue weighted by Gasteiger charge is 2.46. The van der Waals surface area contributed by atoms with Gasteiger partial charge < -0.3 is 35.3 Å². The van der Waals surface area contributed by atoms with E-state index in [2.05, 4.69) is 31.2 Å². The molecule has 0 bridgehead atoms. The minimum atomic E-state index is -2.51. The summed E-state index contributed by atoms with van der Waals surface area (Å²) in [6, 6.07) is 17.6. The van der Waals surface area contributed by atoms with Gasteiger partial charge in [0.15, 0.2) is 5.82 Å². The van der Waals surface area contributed by atoms with Crippen LogP contribution < -0.4 is 20.9 Å². The van der Waals surface area contributed by atoms with E-state index in [1.807, 2.05) is 88.5 Å². The molecule has 1 saturated heterocycles. The third kappa shape index (κ3) is 8.56. The molecule has 7 rings (SSSR count). The molecule has 2 amide bonds. The lowest BCUT2D eigenvalue weighted by atomic mass is 9.98. The fourth-order valence-corrected chi connectivity index (χ4v) is 6.52. The number of carbonyl (C=O) groups excluding carboxylic acids is 2. The fraction of sp³-hybridized carbons (Fsp3) is 0.395. The van der Waals surface area contributed by atoms with E-state index in [1.54, 1.807) is 18.0 Å². The van der Waals surface area contributed by atoms with Crippen LogP contribution in [0.25, 0.3) is 17.0 Å². The van der Waals surface area contributed by atoms with Gasteiger partial charge >= 0.3 is 5.91 Å². The molecule has 280 valence electrons. The topological polar surface area (TPSA) is 179 Å². The normalized spacial score (nSPS) is 18.5. The van der Waals surface area contributed by atoms with Crippen molar-refractivity contribution in [2.24, 2.45) is 7.05 Å². The maximum absolute atomic E-state index is 12.8. The number of hydrogen-bond donors (Lipinski definition) is 5. The number of amides is 2. The van der Waals surface area contributed by atoms with Crippen molar-refractivity contribution in [2.75, 3.05) is 44.0 Å². The number of methoxy groups -OCH3 is 1. The molecule has 0 radical (unpaired) electrons. The Kier molecular flexibility index (Phi) is 11.5. The zero-order valence-electron chi connectivity index (χ0n) is 30.6. The molecule has 5 N–H and O–H groups in total. The van der Waals surface area contributed by atoms with Crippen LogP contribution in [0.4, 0.5) is 11.4 Å². The number of benzene rings is 2. The van der Waals surface area contributed by atoms with Crippen molar-refractivity contribution in [3.8, 4) is 17.3 Å². The van der Waals surface area contributed by atoms with Crippen molar-refractivity contribution >= 4 is 29.3 Å². The van der Waals surface area contributed by atoms with Crippen LogP contribution in [0.15, 0.2) is 66.9 Å². The Morgan fingerprint density at radius 1 is 1.09 bits per heavy atom. The van der Waals surface area contributed by atoms with Gasteiger partial charge in [-0.1, -0.05) is 36.4 Å². The second-order valence-corrected chi connectivity index (χ2v) is 13.5. The number of aryl methyl sites for hydroxylation is 2. The first-order chi connectivity index (χ1) is 25.5. The largest absolute Gasteiger partial charge is 0.475 e. The lowest BCUT2D eigenvalue weighted by Gasteiger charge is -2.36. The van der Waals surface area contributed by atoms with Crippen LogP contribution in [0.5, 0.6) is 5.88 Å². The maximum Gasteiger partial charge on any atom is 0.309 e. The molecule has 0 saturated carbocycles. The molecule has 2 aromatic carbocycles. The Morgan fingerprint density at radius 3 is 2.47 bits per heavy atom. The van der Waals surface area contributed by atoms with Gasteiger partial charge in [-0.2, -0.15) is 5.10 Å². The van der Waals surface area contributed by atoms with Crippen LogP contribution in [-0.4, -0.2) is 103 Å². The minimum Gasteiger partial charge on any atom is -0.475 e. The van der Waals surface area contributed by atoms with Crippen LogP contribution in [-0.2, 0) is 21.4 Å². The first-order valence-corrected chi connectivity index (χ1v) is 17.6. The highest BCUT2D eigenvalue weighted by atomic mass is 16.5. The van der Waals surface area contributed by atoms with Gasteiger partial charge in [-0.3, -0.25) is 14.3 Å². The zero-order valence-corrected chi connectivity index (χ0v) is 30.6. The molecule has 1 unspecified atom stereocenters. The SMILES string of the molecule is CC(C)Oc1ccc(C2NNc3ccc(NC=O)cc32)cn1.CO[C@H]1CCN(C(O)(O)C(=O)N2CC=C(c3ccc(-c4nc(C)n(C)n4)cc3)CC2)C1. The van der Waals surface area contributed by atoms with E-state index in [-0.39, 0.29) is 18.2 Å². The fourth-order valence-electron chi connectivity index (χ4n) is 6.52. The Labute approximate surface area is 308 Å². The number of aromatic nitrogens is 4. The van der Waals surface area contributed by atoms with E-state index in [9.17, 15) is 19.8 Å². The molecule has 4 aromatic rings. The van der Waals surface area contributed by atoms with Gasteiger partial charge in [0.2, 0.25) is 12.3 Å². The van der Waals surface area contributed by atoms with E-state index in [4.69, 9.17) is 9.47 Å². The molecule has 1 fully saturated rings. The number of nitrogens with one attached hydrogen (secondary N) is 3. The standard InChI is InChI=1S/C22H29N5O4.C16H18N4O2/c1-15-23-20(24-25(15)2)18-6-4-16(5-7-18)17-8-11-26(12-9-17)21(28)22(29,30)27-13-10-19(14-27)31-3;1-10(2)22-15-6-3-11(8-17-15)16-13-7-12(18-9-21)4-5-14(13)19-20-16/h4-8,19,29-30H,9-14H2,1-3H3;3-10,16,19-20H,1-2H3,(H,18,21)/t19-;/m0./s1. The lowest BCUT2D eigenvalue weighted by Crippen LogP contribution is -2.60. The summed E-state index contributed by atoms with van der Waals surface area (Å²) in [4.78, 5) is 35.0. The van der Waals surface area contributed by atoms with Crippen LogP contribution in [0, 0.1) is 6.92 Å². The molecular weight excluding hydrogens is 678 g/mol. The quantitative estimate of drug-likeness (QED) is 0.119. The summed E-state index contributed by atoms with van der Waals surface area (Å²) < 4.78 is 12.6. The number of ether oxygens (including phenoxy) is 2. The first kappa shape index (κ1) is 37.6. The van der Waals surface area contributed by atoms with E-state index >= 15 is 0 Å². The van der Waals surface area contributed by atoms with Gasteiger partial charge in [-0.05, 0) is 68.5 Å². The first-order valence-electron chi connectivity index (χ1n) is 17.6. The smallest absolute Gasteiger partial charge is 0.309 e. The number of hydrogen-bond acceptors (Lipinski definition) is 12. The molecule has 3 aliphatic heterocycles. The van der Waals surface area contributed by atoms with Gasteiger partial charge in [-0.25, -0.2) is 20.3 Å². The minimum absolute atomic E-state index is 0.0241. The highest BCUT2D eigenvalue weighted by molar-refractivity contribution is 5.84. The van der Waals surface area contributed by atoms with E-state index in [0.29, 0.717) is 57.1 Å². The van der Waals surface area contributed by atoms with E-state index < -0.39 is 11.8 Å². The number of nitrogens with zero attached hydrogens (tertiary/aromatic N) is 6. The van der Waals surface area contributed by atoms with E-state index in [0.717, 1.165) is 45.0 Å². The number of pyridine rings is 1. The van der Waals surface area contributed by atoms with Gasteiger partial charge in [-0.15, -0.1) is 0 Å². The van der Waals surface area contributed by atoms with Crippen LogP contribution in [0.1, 0.15) is 55.2 Å². The van der Waals surface area contributed by atoms with Gasteiger partial charge in [0, 0.05) is 69.4 Å². The van der Waals surface area contributed by atoms with Crippen molar-refractivity contribution in [1.29, 1.82) is 0 Å². The predicted molar refractivity (Wildman–Crippen MR) is 199 cm³/mol. The molecule has 53 heavy (non-hydrogen) atoms. The number of carbonyl (C=O) groups is 2. The molecule has 2 atom stereocenters. The molecule has 15 nitrogen and oxygen atoms in total. The Hall–Kier alpha value is -5.19. The van der Waals surface area contributed by atoms with Gasteiger partial charge in [0.05, 0.1) is 23.9 Å². The zero-order chi connectivity index (χ0) is 37.7. The van der Waals surface area contributed by atoms with Gasteiger partial charge in [0.25, 0.3) is 5.91 Å². The number of anilines is 2. The van der Waals surface area contributed by atoms with Crippen molar-refractivity contribution < 1.29 is 29.3 Å². The highest BCUT2D eigenvalue weighted by Crippen LogP contribution is 2.35. The number of hydrazine groups is 1. The van der Waals surface area contributed by atoms with Crippen LogP contribution in [0.2, 0.25) is 0 Å². The third-order valence-electron chi connectivity index (χ3n) is 9.59. The monoisotopic (exact) mass is 725 g/mol. The van der Waals surface area contributed by atoms with Crippen molar-refractivity contribution in [3.05, 3.63) is 89.4 Å².